The number of hydrogen-bond donors (Lipinski definition) is 1. The van der Waals surface area contributed by atoms with Crippen LogP contribution in [-0.4, -0.2) is 58.8 Å². The van der Waals surface area contributed by atoms with Crippen molar-refractivity contribution in [2.75, 3.05) is 39.3 Å². The number of aryl methyl sites for hydroxylation is 1. The molecule has 0 radical (unpaired) electrons. The van der Waals surface area contributed by atoms with Crippen LogP contribution >= 0.6 is 0 Å². The van der Waals surface area contributed by atoms with Crippen LogP contribution in [0.25, 0.3) is 0 Å². The highest BCUT2D eigenvalue weighted by Gasteiger charge is 2.14. The van der Waals surface area contributed by atoms with Crippen molar-refractivity contribution < 1.29 is 0 Å². The molecule has 5 nitrogen and oxygen atoms in total. The Morgan fingerprint density at radius 1 is 1.16 bits per heavy atom. The lowest BCUT2D eigenvalue weighted by atomic mass is 10.3. The quantitative estimate of drug-likeness (QED) is 0.768. The van der Waals surface area contributed by atoms with Gasteiger partial charge in [-0.25, -0.2) is 0 Å². The molecule has 5 heteroatoms. The lowest BCUT2D eigenvalue weighted by Gasteiger charge is -2.21. The maximum absolute atomic E-state index is 5.55. The summed E-state index contributed by atoms with van der Waals surface area (Å²) in [7, 11) is 1.98. The summed E-state index contributed by atoms with van der Waals surface area (Å²) in [4.78, 5) is 5.12. The molecule has 0 amide bonds. The number of aromatic nitrogens is 2. The van der Waals surface area contributed by atoms with E-state index < -0.39 is 0 Å². The van der Waals surface area contributed by atoms with Gasteiger partial charge in [-0.3, -0.25) is 9.58 Å². The Hall–Kier alpha value is -0.910. The summed E-state index contributed by atoms with van der Waals surface area (Å²) in [6, 6.07) is 0. The Morgan fingerprint density at radius 2 is 1.95 bits per heavy atom. The summed E-state index contributed by atoms with van der Waals surface area (Å²) in [5, 5.41) is 4.24. The Balaban J connectivity index is 1.73. The van der Waals surface area contributed by atoms with Crippen molar-refractivity contribution >= 4 is 0 Å². The average molecular weight is 265 g/mol. The summed E-state index contributed by atoms with van der Waals surface area (Å²) in [5.74, 6) is 0. The van der Waals surface area contributed by atoms with Gasteiger partial charge < -0.3 is 10.6 Å². The minimum Gasteiger partial charge on any atom is -0.330 e. The fourth-order valence-electron chi connectivity index (χ4n) is 2.70. The standard InChI is InChI=1S/C14H27N5/c1-17-12-14(11-16-17)13-19-8-4-7-18(9-10-19)6-3-2-5-15/h11-12H,2-10,13,15H2,1H3. The van der Waals surface area contributed by atoms with E-state index in [0.29, 0.717) is 0 Å². The van der Waals surface area contributed by atoms with Gasteiger partial charge in [-0.15, -0.1) is 0 Å². The smallest absolute Gasteiger partial charge is 0.0534 e. The fourth-order valence-corrected chi connectivity index (χ4v) is 2.70. The summed E-state index contributed by atoms with van der Waals surface area (Å²) in [5.41, 5.74) is 6.87. The number of unbranched alkanes of at least 4 members (excludes halogenated alkanes) is 1. The van der Waals surface area contributed by atoms with Crippen molar-refractivity contribution in [1.29, 1.82) is 0 Å². The zero-order valence-corrected chi connectivity index (χ0v) is 12.1. The van der Waals surface area contributed by atoms with Crippen molar-refractivity contribution in [3.63, 3.8) is 0 Å². The highest BCUT2D eigenvalue weighted by Crippen LogP contribution is 2.09. The maximum atomic E-state index is 5.55. The van der Waals surface area contributed by atoms with E-state index in [2.05, 4.69) is 21.1 Å². The SMILES string of the molecule is Cn1cc(CN2CCCN(CCCCN)CC2)cn1. The Kier molecular flexibility index (Phi) is 5.82. The van der Waals surface area contributed by atoms with Crippen molar-refractivity contribution in [2.45, 2.75) is 25.8 Å². The molecule has 0 atom stereocenters. The second-order valence-corrected chi connectivity index (χ2v) is 5.49. The van der Waals surface area contributed by atoms with Gasteiger partial charge >= 0.3 is 0 Å². The minimum atomic E-state index is 0.820. The Bertz CT molecular complexity index is 362. The molecular weight excluding hydrogens is 238 g/mol. The van der Waals surface area contributed by atoms with E-state index >= 15 is 0 Å². The number of hydrogen-bond acceptors (Lipinski definition) is 4. The molecule has 19 heavy (non-hydrogen) atoms. The molecule has 0 saturated carbocycles. The first-order chi connectivity index (χ1) is 9.28. The van der Waals surface area contributed by atoms with Crippen LogP contribution in [0.1, 0.15) is 24.8 Å². The van der Waals surface area contributed by atoms with E-state index in [1.807, 2.05) is 17.9 Å². The van der Waals surface area contributed by atoms with Crippen LogP contribution in [0.15, 0.2) is 12.4 Å². The summed E-state index contributed by atoms with van der Waals surface area (Å²) in [6.45, 7) is 7.84. The molecule has 1 aliphatic rings. The molecule has 0 bridgehead atoms. The molecule has 108 valence electrons. The molecule has 1 aromatic rings. The van der Waals surface area contributed by atoms with Gasteiger partial charge in [0.15, 0.2) is 0 Å². The van der Waals surface area contributed by atoms with Crippen molar-refractivity contribution in [1.82, 2.24) is 19.6 Å². The van der Waals surface area contributed by atoms with Gasteiger partial charge in [-0.05, 0) is 45.4 Å². The molecular formula is C14H27N5. The molecule has 2 heterocycles. The molecule has 0 spiro atoms. The fraction of sp³-hybridized carbons (Fsp3) is 0.786. The van der Waals surface area contributed by atoms with Gasteiger partial charge in [0.25, 0.3) is 0 Å². The number of nitrogens with two attached hydrogens (primary N) is 1. The summed E-state index contributed by atoms with van der Waals surface area (Å²) in [6.07, 6.45) is 7.74. The maximum Gasteiger partial charge on any atom is 0.0534 e. The van der Waals surface area contributed by atoms with Gasteiger partial charge in [-0.2, -0.15) is 5.10 Å². The number of rotatable bonds is 6. The lowest BCUT2D eigenvalue weighted by molar-refractivity contribution is 0.249. The van der Waals surface area contributed by atoms with Crippen molar-refractivity contribution in [3.05, 3.63) is 18.0 Å². The highest BCUT2D eigenvalue weighted by atomic mass is 15.3. The lowest BCUT2D eigenvalue weighted by Crippen LogP contribution is -2.31. The van der Waals surface area contributed by atoms with Crippen LogP contribution in [0.4, 0.5) is 0 Å². The van der Waals surface area contributed by atoms with Gasteiger partial charge in [0, 0.05) is 38.4 Å². The van der Waals surface area contributed by atoms with Gasteiger partial charge in [0.05, 0.1) is 6.20 Å². The van der Waals surface area contributed by atoms with Gasteiger partial charge in [0.2, 0.25) is 0 Å². The molecule has 0 unspecified atom stereocenters. The van der Waals surface area contributed by atoms with E-state index in [-0.39, 0.29) is 0 Å². The van der Waals surface area contributed by atoms with Crippen LogP contribution in [0.3, 0.4) is 0 Å². The molecule has 1 aromatic heterocycles. The van der Waals surface area contributed by atoms with E-state index in [0.717, 1.165) is 26.1 Å². The summed E-state index contributed by atoms with van der Waals surface area (Å²) < 4.78 is 1.88. The molecule has 1 fully saturated rings. The van der Waals surface area contributed by atoms with Crippen LogP contribution in [0, 0.1) is 0 Å². The molecule has 2 N–H and O–H groups in total. The zero-order chi connectivity index (χ0) is 13.5. The molecule has 1 saturated heterocycles. The molecule has 0 aliphatic carbocycles. The topological polar surface area (TPSA) is 50.3 Å². The third-order valence-corrected chi connectivity index (χ3v) is 3.77. The highest BCUT2D eigenvalue weighted by molar-refractivity contribution is 5.03. The van der Waals surface area contributed by atoms with E-state index in [1.165, 1.54) is 44.6 Å². The molecule has 0 aromatic carbocycles. The van der Waals surface area contributed by atoms with Crippen LogP contribution in [-0.2, 0) is 13.6 Å². The van der Waals surface area contributed by atoms with Crippen LogP contribution in [0.5, 0.6) is 0 Å². The number of nitrogens with zero attached hydrogens (tertiary/aromatic N) is 4. The summed E-state index contributed by atoms with van der Waals surface area (Å²) >= 11 is 0. The molecule has 2 rings (SSSR count). The van der Waals surface area contributed by atoms with Crippen LogP contribution in [0.2, 0.25) is 0 Å². The molecule has 1 aliphatic heterocycles. The first kappa shape index (κ1) is 14.5. The normalized spacial score (nSPS) is 18.6. The van der Waals surface area contributed by atoms with Crippen LogP contribution < -0.4 is 5.73 Å². The van der Waals surface area contributed by atoms with Gasteiger partial charge in [-0.1, -0.05) is 0 Å². The largest absolute Gasteiger partial charge is 0.330 e. The van der Waals surface area contributed by atoms with Crippen molar-refractivity contribution in [3.8, 4) is 0 Å². The Labute approximate surface area is 116 Å². The predicted molar refractivity (Wildman–Crippen MR) is 77.8 cm³/mol. The second kappa shape index (κ2) is 7.62. The monoisotopic (exact) mass is 265 g/mol. The average Bonchev–Trinajstić information content (AvgIpc) is 2.67. The van der Waals surface area contributed by atoms with Gasteiger partial charge in [0.1, 0.15) is 0 Å². The Morgan fingerprint density at radius 3 is 2.68 bits per heavy atom. The first-order valence-electron chi connectivity index (χ1n) is 7.40. The third kappa shape index (κ3) is 4.93. The minimum absolute atomic E-state index is 0.820. The second-order valence-electron chi connectivity index (χ2n) is 5.49. The van der Waals surface area contributed by atoms with E-state index in [1.54, 1.807) is 0 Å². The van der Waals surface area contributed by atoms with E-state index in [4.69, 9.17) is 5.73 Å². The zero-order valence-electron chi connectivity index (χ0n) is 12.1. The van der Waals surface area contributed by atoms with E-state index in [9.17, 15) is 0 Å². The van der Waals surface area contributed by atoms with Crippen molar-refractivity contribution in [2.24, 2.45) is 12.8 Å². The first-order valence-corrected chi connectivity index (χ1v) is 7.40. The third-order valence-electron chi connectivity index (χ3n) is 3.77. The predicted octanol–water partition coefficient (Wildman–Crippen LogP) is 0.667.